The van der Waals surface area contributed by atoms with Crippen LogP contribution in [-0.4, -0.2) is 36.2 Å². The summed E-state index contributed by atoms with van der Waals surface area (Å²) in [7, 11) is 0. The van der Waals surface area contributed by atoms with E-state index in [1.165, 1.54) is 0 Å². The van der Waals surface area contributed by atoms with Gasteiger partial charge in [0.2, 0.25) is 5.91 Å². The Balaban J connectivity index is 1.88. The third kappa shape index (κ3) is 4.72. The molecule has 0 spiro atoms. The molecule has 0 radical (unpaired) electrons. The van der Waals surface area contributed by atoms with Gasteiger partial charge in [0.05, 0.1) is 12.5 Å². The van der Waals surface area contributed by atoms with Crippen molar-refractivity contribution in [1.29, 1.82) is 0 Å². The molecule has 0 saturated carbocycles. The van der Waals surface area contributed by atoms with Crippen molar-refractivity contribution in [2.24, 2.45) is 5.92 Å². The number of hydrogen-bond acceptors (Lipinski definition) is 3. The molecule has 0 aromatic heterocycles. The summed E-state index contributed by atoms with van der Waals surface area (Å²) < 4.78 is 5.14. The molecule has 21 heavy (non-hydrogen) atoms. The van der Waals surface area contributed by atoms with Crippen molar-refractivity contribution in [2.75, 3.05) is 13.2 Å². The number of carbonyl (C=O) groups is 2. The van der Waals surface area contributed by atoms with Crippen molar-refractivity contribution in [3.8, 4) is 0 Å². The smallest absolute Gasteiger partial charge is 0.326 e. The van der Waals surface area contributed by atoms with E-state index in [-0.39, 0.29) is 18.2 Å². The van der Waals surface area contributed by atoms with Gasteiger partial charge in [0.15, 0.2) is 0 Å². The third-order valence-corrected chi connectivity index (χ3v) is 3.40. The zero-order chi connectivity index (χ0) is 15.1. The lowest BCUT2D eigenvalue weighted by Crippen LogP contribution is -2.43. The Labute approximate surface area is 123 Å². The summed E-state index contributed by atoms with van der Waals surface area (Å²) in [6.45, 7) is 0.932. The Morgan fingerprint density at radius 1 is 1.38 bits per heavy atom. The average molecular weight is 289 g/mol. The summed E-state index contributed by atoms with van der Waals surface area (Å²) in [6.07, 6.45) is 4.52. The minimum Gasteiger partial charge on any atom is -0.480 e. The molecular formula is C16H19NO4. The zero-order valence-electron chi connectivity index (χ0n) is 11.7. The molecule has 0 unspecified atom stereocenters. The van der Waals surface area contributed by atoms with Gasteiger partial charge in [-0.25, -0.2) is 4.79 Å². The molecule has 2 atom stereocenters. The lowest BCUT2D eigenvalue weighted by molar-refractivity contribution is -0.142. The molecule has 0 bridgehead atoms. The molecular weight excluding hydrogens is 270 g/mol. The number of rotatable bonds is 6. The Morgan fingerprint density at radius 3 is 2.76 bits per heavy atom. The van der Waals surface area contributed by atoms with Crippen LogP contribution in [-0.2, 0) is 14.3 Å². The van der Waals surface area contributed by atoms with Crippen molar-refractivity contribution in [2.45, 2.75) is 18.9 Å². The van der Waals surface area contributed by atoms with E-state index in [1.54, 1.807) is 6.08 Å². The summed E-state index contributed by atoms with van der Waals surface area (Å²) in [6, 6.07) is 8.70. The van der Waals surface area contributed by atoms with E-state index in [9.17, 15) is 14.7 Å². The molecule has 1 aromatic rings. The highest BCUT2D eigenvalue weighted by atomic mass is 16.5. The number of benzene rings is 1. The van der Waals surface area contributed by atoms with Gasteiger partial charge in [0.1, 0.15) is 6.04 Å². The summed E-state index contributed by atoms with van der Waals surface area (Å²) in [5, 5.41) is 11.8. The van der Waals surface area contributed by atoms with Gasteiger partial charge in [-0.1, -0.05) is 42.5 Å². The van der Waals surface area contributed by atoms with E-state index < -0.39 is 12.0 Å². The van der Waals surface area contributed by atoms with Crippen LogP contribution in [0.25, 0.3) is 6.08 Å². The molecule has 1 aliphatic rings. The molecule has 0 aliphatic carbocycles. The van der Waals surface area contributed by atoms with E-state index in [2.05, 4.69) is 5.32 Å². The molecule has 5 heteroatoms. The first-order chi connectivity index (χ1) is 10.2. The Hall–Kier alpha value is -2.14. The van der Waals surface area contributed by atoms with Gasteiger partial charge in [-0.3, -0.25) is 4.79 Å². The molecule has 2 rings (SSSR count). The van der Waals surface area contributed by atoms with Crippen LogP contribution in [0.5, 0.6) is 0 Å². The predicted octanol–water partition coefficient (Wildman–Crippen LogP) is 1.70. The van der Waals surface area contributed by atoms with Crippen molar-refractivity contribution < 1.29 is 19.4 Å². The van der Waals surface area contributed by atoms with Gasteiger partial charge >= 0.3 is 5.97 Å². The second-order valence-corrected chi connectivity index (χ2v) is 5.01. The fraction of sp³-hybridized carbons (Fsp3) is 0.375. The van der Waals surface area contributed by atoms with Crippen molar-refractivity contribution in [3.63, 3.8) is 0 Å². The maximum absolute atomic E-state index is 11.9. The third-order valence-electron chi connectivity index (χ3n) is 3.40. The minimum atomic E-state index is -1.03. The standard InChI is InChI=1S/C16H19NO4/c18-15(13-9-10-21-11-13)17-14(16(19)20)8-4-7-12-5-2-1-3-6-12/h1-7,13-14H,8-11H2,(H,17,18)(H,19,20)/b7-4+/t13-,14+/m1/s1. The highest BCUT2D eigenvalue weighted by molar-refractivity contribution is 5.85. The summed E-state index contributed by atoms with van der Waals surface area (Å²) in [5.41, 5.74) is 0.997. The lowest BCUT2D eigenvalue weighted by Gasteiger charge is -2.15. The van der Waals surface area contributed by atoms with Crippen molar-refractivity contribution in [1.82, 2.24) is 5.32 Å². The molecule has 1 heterocycles. The van der Waals surface area contributed by atoms with Gasteiger partial charge in [-0.15, -0.1) is 0 Å². The number of carboxylic acids is 1. The Bertz CT molecular complexity index is 506. The quantitative estimate of drug-likeness (QED) is 0.835. The van der Waals surface area contributed by atoms with Crippen LogP contribution in [0.2, 0.25) is 0 Å². The van der Waals surface area contributed by atoms with E-state index >= 15 is 0 Å². The van der Waals surface area contributed by atoms with Crippen LogP contribution in [0.15, 0.2) is 36.4 Å². The summed E-state index contributed by atoms with van der Waals surface area (Å²) >= 11 is 0. The van der Waals surface area contributed by atoms with Crippen molar-refractivity contribution >= 4 is 18.0 Å². The SMILES string of the molecule is O=C(N[C@@H](C/C=C/c1ccccc1)C(=O)O)[C@@H]1CCOC1. The lowest BCUT2D eigenvalue weighted by atomic mass is 10.1. The highest BCUT2D eigenvalue weighted by Crippen LogP contribution is 2.13. The molecule has 1 aliphatic heterocycles. The normalized spacial score (nSPS) is 19.5. The van der Waals surface area contributed by atoms with E-state index in [0.29, 0.717) is 19.6 Å². The van der Waals surface area contributed by atoms with Crippen molar-refractivity contribution in [3.05, 3.63) is 42.0 Å². The molecule has 1 aromatic carbocycles. The van der Waals surface area contributed by atoms with Gasteiger partial charge < -0.3 is 15.2 Å². The highest BCUT2D eigenvalue weighted by Gasteiger charge is 2.27. The molecule has 5 nitrogen and oxygen atoms in total. The van der Waals surface area contributed by atoms with Gasteiger partial charge in [0.25, 0.3) is 0 Å². The maximum atomic E-state index is 11.9. The number of amides is 1. The fourth-order valence-electron chi connectivity index (χ4n) is 2.16. The van der Waals surface area contributed by atoms with Crippen LogP contribution in [0.4, 0.5) is 0 Å². The van der Waals surface area contributed by atoms with Gasteiger partial charge in [-0.2, -0.15) is 0 Å². The largest absolute Gasteiger partial charge is 0.480 e. The maximum Gasteiger partial charge on any atom is 0.326 e. The molecule has 2 N–H and O–H groups in total. The van der Waals surface area contributed by atoms with Crippen LogP contribution in [0.1, 0.15) is 18.4 Å². The number of carboxylic acid groups (broad SMARTS) is 1. The van der Waals surface area contributed by atoms with E-state index in [0.717, 1.165) is 5.56 Å². The second kappa shape index (κ2) is 7.59. The Kier molecular flexibility index (Phi) is 5.51. The summed E-state index contributed by atoms with van der Waals surface area (Å²) in [4.78, 5) is 23.1. The number of nitrogens with one attached hydrogen (secondary N) is 1. The van der Waals surface area contributed by atoms with Crippen LogP contribution >= 0.6 is 0 Å². The Morgan fingerprint density at radius 2 is 2.14 bits per heavy atom. The topological polar surface area (TPSA) is 75.6 Å². The number of carbonyl (C=O) groups excluding carboxylic acids is 1. The number of hydrogen-bond donors (Lipinski definition) is 2. The van der Waals surface area contributed by atoms with E-state index in [4.69, 9.17) is 4.74 Å². The number of aliphatic carboxylic acids is 1. The van der Waals surface area contributed by atoms with Gasteiger partial charge in [-0.05, 0) is 18.4 Å². The summed E-state index contributed by atoms with van der Waals surface area (Å²) in [5.74, 6) is -1.50. The first-order valence-corrected chi connectivity index (χ1v) is 6.99. The first kappa shape index (κ1) is 15.3. The second-order valence-electron chi connectivity index (χ2n) is 5.01. The van der Waals surface area contributed by atoms with E-state index in [1.807, 2.05) is 36.4 Å². The molecule has 1 saturated heterocycles. The zero-order valence-corrected chi connectivity index (χ0v) is 11.7. The van der Waals surface area contributed by atoms with Gasteiger partial charge in [0, 0.05) is 6.61 Å². The number of ether oxygens (including phenoxy) is 1. The first-order valence-electron chi connectivity index (χ1n) is 6.99. The molecule has 1 fully saturated rings. The molecule has 112 valence electrons. The van der Waals surface area contributed by atoms with Crippen LogP contribution in [0, 0.1) is 5.92 Å². The van der Waals surface area contributed by atoms with Crippen LogP contribution in [0.3, 0.4) is 0 Å². The molecule has 1 amide bonds. The monoisotopic (exact) mass is 289 g/mol. The fourth-order valence-corrected chi connectivity index (χ4v) is 2.16. The predicted molar refractivity (Wildman–Crippen MR) is 78.6 cm³/mol. The van der Waals surface area contributed by atoms with Crippen LogP contribution < -0.4 is 5.32 Å². The minimum absolute atomic E-state index is 0.232. The average Bonchev–Trinajstić information content (AvgIpc) is 3.01.